The number of nitrogens with one attached hydrogen (secondary N) is 1. The van der Waals surface area contributed by atoms with Crippen LogP contribution in [0.1, 0.15) is 24.5 Å². The van der Waals surface area contributed by atoms with Crippen molar-refractivity contribution < 1.29 is 19.0 Å². The molecule has 0 unspecified atom stereocenters. The number of aliphatic imine (C=N–C) groups is 1. The second-order valence-corrected chi connectivity index (χ2v) is 9.61. The molecular weight excluding hydrogens is 523 g/mol. The van der Waals surface area contributed by atoms with Crippen LogP contribution in [0.2, 0.25) is 10.0 Å². The van der Waals surface area contributed by atoms with Crippen molar-refractivity contribution >= 4 is 63.0 Å². The third kappa shape index (κ3) is 6.10. The van der Waals surface area contributed by atoms with Crippen molar-refractivity contribution in [1.82, 2.24) is 5.01 Å². The van der Waals surface area contributed by atoms with Crippen molar-refractivity contribution in [2.45, 2.75) is 20.3 Å². The minimum Gasteiger partial charge on any atom is -0.491 e. The van der Waals surface area contributed by atoms with Crippen molar-refractivity contribution in [1.29, 1.82) is 5.41 Å². The average Bonchev–Trinajstić information content (AvgIpc) is 3.27. The largest absolute Gasteiger partial charge is 0.491 e. The molecule has 1 amide bonds. The second kappa shape index (κ2) is 11.9. The van der Waals surface area contributed by atoms with Gasteiger partial charge in [-0.3, -0.25) is 10.2 Å². The first-order valence-electron chi connectivity index (χ1n) is 11.2. The van der Waals surface area contributed by atoms with E-state index in [-0.39, 0.29) is 28.1 Å². The number of aryl methyl sites for hydroxylation is 1. The van der Waals surface area contributed by atoms with Gasteiger partial charge in [-0.1, -0.05) is 48.3 Å². The van der Waals surface area contributed by atoms with Gasteiger partial charge in [0.1, 0.15) is 24.0 Å². The summed E-state index contributed by atoms with van der Waals surface area (Å²) in [6, 6.07) is 11.0. The molecule has 0 bridgehead atoms. The molecule has 0 atom stereocenters. The molecule has 0 fully saturated rings. The Morgan fingerprint density at radius 3 is 2.47 bits per heavy atom. The Labute approximate surface area is 223 Å². The van der Waals surface area contributed by atoms with Crippen LogP contribution in [0.4, 0.5) is 0 Å². The van der Waals surface area contributed by atoms with Gasteiger partial charge in [0.25, 0.3) is 5.91 Å². The Morgan fingerprint density at radius 2 is 1.78 bits per heavy atom. The number of rotatable bonds is 10. The van der Waals surface area contributed by atoms with Crippen molar-refractivity contribution in [2.75, 3.05) is 26.4 Å². The van der Waals surface area contributed by atoms with Crippen molar-refractivity contribution in [3.05, 3.63) is 63.1 Å². The summed E-state index contributed by atoms with van der Waals surface area (Å²) >= 11 is 14.1. The molecule has 0 radical (unpaired) electrons. The predicted octanol–water partition coefficient (Wildman–Crippen LogP) is 5.81. The topological polar surface area (TPSA) is 96.6 Å². The number of halogens is 2. The lowest BCUT2D eigenvalue weighted by Crippen LogP contribution is -2.35. The predicted molar refractivity (Wildman–Crippen MR) is 145 cm³/mol. The minimum absolute atomic E-state index is 0.0444. The zero-order valence-electron chi connectivity index (χ0n) is 19.7. The van der Waals surface area contributed by atoms with Crippen LogP contribution in [-0.2, 0) is 9.53 Å². The molecule has 0 saturated carbocycles. The highest BCUT2D eigenvalue weighted by atomic mass is 35.5. The molecular formula is C25H24Cl2N4O4S. The van der Waals surface area contributed by atoms with Crippen LogP contribution in [-0.4, -0.2) is 53.4 Å². The van der Waals surface area contributed by atoms with Gasteiger partial charge in [0, 0.05) is 0 Å². The third-order valence-electron chi connectivity index (χ3n) is 5.18. The maximum absolute atomic E-state index is 12.5. The number of hydrogen-bond acceptors (Lipinski definition) is 7. The molecule has 188 valence electrons. The third-order valence-corrected chi connectivity index (χ3v) is 6.80. The van der Waals surface area contributed by atoms with Crippen LogP contribution >= 0.6 is 35.0 Å². The molecule has 2 heterocycles. The summed E-state index contributed by atoms with van der Waals surface area (Å²) in [5.74, 6) is 0.597. The van der Waals surface area contributed by atoms with E-state index in [1.165, 1.54) is 22.8 Å². The second-order valence-electron chi connectivity index (χ2n) is 7.76. The number of benzene rings is 2. The van der Waals surface area contributed by atoms with Gasteiger partial charge in [-0.25, -0.2) is 0 Å². The van der Waals surface area contributed by atoms with Crippen molar-refractivity contribution in [2.24, 2.45) is 10.1 Å². The van der Waals surface area contributed by atoms with E-state index in [0.717, 1.165) is 16.4 Å². The number of amides is 1. The summed E-state index contributed by atoms with van der Waals surface area (Å²) in [6.45, 7) is 5.35. The Morgan fingerprint density at radius 1 is 1.08 bits per heavy atom. The molecule has 0 aliphatic carbocycles. The standard InChI is InChI=1S/C25H24Cl2N4O4S/c1-3-21-30-31-23(28)17(24(32)29-25(31)36-21)12-16-13-18(26)22(19(27)14-16)35-11-9-33-8-10-34-20-7-5-4-6-15(20)2/h4-7,12-14,28H,3,8-11H2,1-2H3/b17-12-,28-23?. The zero-order chi connectivity index (χ0) is 25.7. The molecule has 11 heteroatoms. The first kappa shape index (κ1) is 26.2. The maximum atomic E-state index is 12.5. The van der Waals surface area contributed by atoms with Crippen LogP contribution in [0.15, 0.2) is 52.1 Å². The van der Waals surface area contributed by atoms with Gasteiger partial charge in [0.2, 0.25) is 5.17 Å². The van der Waals surface area contributed by atoms with E-state index in [9.17, 15) is 4.79 Å². The Bertz CT molecular complexity index is 1260. The number of amidine groups is 2. The van der Waals surface area contributed by atoms with Gasteiger partial charge in [-0.2, -0.15) is 15.1 Å². The highest BCUT2D eigenvalue weighted by Gasteiger charge is 2.35. The summed E-state index contributed by atoms with van der Waals surface area (Å²) in [4.78, 5) is 16.6. The summed E-state index contributed by atoms with van der Waals surface area (Å²) < 4.78 is 17.0. The molecule has 4 rings (SSSR count). The fourth-order valence-corrected chi connectivity index (χ4v) is 4.81. The summed E-state index contributed by atoms with van der Waals surface area (Å²) in [5, 5.41) is 15.9. The first-order valence-corrected chi connectivity index (χ1v) is 12.8. The SMILES string of the molecule is CCC1=NN2C(=N)/C(=C/c3cc(Cl)c(OCCOCCOc4ccccc4C)c(Cl)c3)C(=O)N=C2S1. The number of fused-ring (bicyclic) bond motifs is 1. The van der Waals surface area contributed by atoms with E-state index in [4.69, 9.17) is 42.8 Å². The molecule has 36 heavy (non-hydrogen) atoms. The molecule has 0 spiro atoms. The highest BCUT2D eigenvalue weighted by Crippen LogP contribution is 2.36. The van der Waals surface area contributed by atoms with Gasteiger partial charge in [-0.05, 0) is 60.5 Å². The first-order chi connectivity index (χ1) is 17.4. The number of hydrazone groups is 1. The fourth-order valence-electron chi connectivity index (χ4n) is 3.38. The lowest BCUT2D eigenvalue weighted by molar-refractivity contribution is -0.114. The maximum Gasteiger partial charge on any atom is 0.283 e. The number of nitrogens with zero attached hydrogens (tertiary/aromatic N) is 3. The highest BCUT2D eigenvalue weighted by molar-refractivity contribution is 8.26. The Hall–Kier alpha value is -2.85. The van der Waals surface area contributed by atoms with Gasteiger partial charge < -0.3 is 14.2 Å². The molecule has 2 aliphatic heterocycles. The molecule has 2 aliphatic rings. The van der Waals surface area contributed by atoms with Crippen LogP contribution in [0.5, 0.6) is 11.5 Å². The molecule has 2 aromatic rings. The number of thioether (sulfide) groups is 1. The Balaban J connectivity index is 1.31. The van der Waals surface area contributed by atoms with Crippen molar-refractivity contribution in [3.8, 4) is 11.5 Å². The monoisotopic (exact) mass is 546 g/mol. The van der Waals surface area contributed by atoms with Crippen molar-refractivity contribution in [3.63, 3.8) is 0 Å². The quantitative estimate of drug-likeness (QED) is 0.298. The minimum atomic E-state index is -0.512. The molecule has 0 aromatic heterocycles. The average molecular weight is 547 g/mol. The van der Waals surface area contributed by atoms with E-state index >= 15 is 0 Å². The number of carbonyl (C=O) groups excluding carboxylic acids is 1. The van der Waals surface area contributed by atoms with E-state index in [1.807, 2.05) is 38.1 Å². The van der Waals surface area contributed by atoms with Crippen LogP contribution < -0.4 is 9.47 Å². The number of carbonyl (C=O) groups is 1. The lowest BCUT2D eigenvalue weighted by Gasteiger charge is -2.20. The van der Waals surface area contributed by atoms with Gasteiger partial charge in [-0.15, -0.1) is 0 Å². The van der Waals surface area contributed by atoms with Crippen LogP contribution in [0, 0.1) is 12.3 Å². The van der Waals surface area contributed by atoms with E-state index in [1.54, 1.807) is 12.1 Å². The summed E-state index contributed by atoms with van der Waals surface area (Å²) in [6.07, 6.45) is 2.22. The van der Waals surface area contributed by atoms with E-state index in [2.05, 4.69) is 10.1 Å². The summed E-state index contributed by atoms with van der Waals surface area (Å²) in [5.41, 5.74) is 1.71. The van der Waals surface area contributed by atoms with E-state index < -0.39 is 5.91 Å². The molecule has 0 saturated heterocycles. The number of hydrogen-bond donors (Lipinski definition) is 1. The van der Waals surface area contributed by atoms with Gasteiger partial charge in [0.05, 0.1) is 28.8 Å². The van der Waals surface area contributed by atoms with Crippen LogP contribution in [0.3, 0.4) is 0 Å². The lowest BCUT2D eigenvalue weighted by atomic mass is 10.1. The normalized spacial score (nSPS) is 16.2. The molecule has 1 N–H and O–H groups in total. The van der Waals surface area contributed by atoms with Crippen LogP contribution in [0.25, 0.3) is 6.08 Å². The van der Waals surface area contributed by atoms with E-state index in [0.29, 0.717) is 42.7 Å². The number of para-hydroxylation sites is 1. The van der Waals surface area contributed by atoms with Gasteiger partial charge >= 0.3 is 0 Å². The molecule has 8 nitrogen and oxygen atoms in total. The number of ether oxygens (including phenoxy) is 3. The molecule has 2 aromatic carbocycles. The fraction of sp³-hybridized carbons (Fsp3) is 0.280. The summed E-state index contributed by atoms with van der Waals surface area (Å²) in [7, 11) is 0. The van der Waals surface area contributed by atoms with Gasteiger partial charge in [0.15, 0.2) is 11.6 Å². The smallest absolute Gasteiger partial charge is 0.283 e. The Kier molecular flexibility index (Phi) is 8.68. The zero-order valence-corrected chi connectivity index (χ0v) is 22.0.